The third-order valence-electron chi connectivity index (χ3n) is 3.96. The van der Waals surface area contributed by atoms with E-state index in [0.29, 0.717) is 5.82 Å². The predicted octanol–water partition coefficient (Wildman–Crippen LogP) is 4.92. The number of nitrogens with two attached hydrogens (primary N) is 1. The molecule has 0 unspecified atom stereocenters. The Bertz CT molecular complexity index is 943. The van der Waals surface area contributed by atoms with Crippen molar-refractivity contribution in [3.8, 4) is 18.1 Å². The van der Waals surface area contributed by atoms with Gasteiger partial charge in [0, 0.05) is 24.1 Å². The average molecular weight is 383 g/mol. The van der Waals surface area contributed by atoms with Crippen LogP contribution in [-0.4, -0.2) is 21.6 Å². The lowest BCUT2D eigenvalue weighted by Gasteiger charge is -2.10. The summed E-state index contributed by atoms with van der Waals surface area (Å²) in [4.78, 5) is 9.98. The van der Waals surface area contributed by atoms with Gasteiger partial charge in [-0.05, 0) is 37.1 Å². The van der Waals surface area contributed by atoms with Crippen LogP contribution in [0.5, 0.6) is 5.75 Å². The molecular formula is C21H26N4OS. The molecule has 0 atom stereocenters. The highest BCUT2D eigenvalue weighted by atomic mass is 32.2. The van der Waals surface area contributed by atoms with Crippen LogP contribution in [0.25, 0.3) is 11.0 Å². The van der Waals surface area contributed by atoms with E-state index in [-0.39, 0.29) is 0 Å². The number of methoxy groups -OCH3 is 1. The summed E-state index contributed by atoms with van der Waals surface area (Å²) in [5.74, 6) is 3.95. The molecule has 0 aliphatic rings. The van der Waals surface area contributed by atoms with E-state index in [4.69, 9.17) is 21.9 Å². The number of nitrogen functional groups attached to an aromatic ring is 1. The molecule has 3 rings (SSSR count). The molecule has 3 aromatic rings. The molecule has 2 N–H and O–H groups in total. The molecule has 142 valence electrons. The Morgan fingerprint density at radius 3 is 2.78 bits per heavy atom. The van der Waals surface area contributed by atoms with Crippen molar-refractivity contribution in [1.29, 1.82) is 0 Å². The fourth-order valence-electron chi connectivity index (χ4n) is 2.60. The normalized spacial score (nSPS) is 10.2. The SMILES string of the molecule is C#CCCCn1c(Sc2cc(OC)ccc2C)nc2c(N)nccc21.CC. The Balaban J connectivity index is 0.00000126. The number of pyridine rings is 1. The number of anilines is 1. The van der Waals surface area contributed by atoms with Crippen molar-refractivity contribution >= 4 is 28.6 Å². The first-order valence-electron chi connectivity index (χ1n) is 9.00. The fraction of sp³-hybridized carbons (Fsp3) is 0.333. The number of rotatable bonds is 6. The maximum atomic E-state index is 6.01. The summed E-state index contributed by atoms with van der Waals surface area (Å²) in [6.45, 7) is 6.86. The van der Waals surface area contributed by atoms with Crippen LogP contribution >= 0.6 is 11.8 Å². The molecule has 0 aliphatic heterocycles. The van der Waals surface area contributed by atoms with Crippen LogP contribution in [0.3, 0.4) is 0 Å². The first-order chi connectivity index (χ1) is 13.1. The number of terminal acetylenes is 1. The number of ether oxygens (including phenoxy) is 1. The lowest BCUT2D eigenvalue weighted by molar-refractivity contribution is 0.413. The van der Waals surface area contributed by atoms with E-state index in [9.17, 15) is 0 Å². The second-order valence-corrected chi connectivity index (χ2v) is 6.66. The highest BCUT2D eigenvalue weighted by molar-refractivity contribution is 7.99. The first kappa shape index (κ1) is 20.7. The molecule has 5 nitrogen and oxygen atoms in total. The molecular weight excluding hydrogens is 356 g/mol. The van der Waals surface area contributed by atoms with Gasteiger partial charge < -0.3 is 15.0 Å². The van der Waals surface area contributed by atoms with Gasteiger partial charge in [0.1, 0.15) is 11.3 Å². The van der Waals surface area contributed by atoms with Gasteiger partial charge in [0.15, 0.2) is 11.0 Å². The lowest BCUT2D eigenvalue weighted by Crippen LogP contribution is -2.00. The van der Waals surface area contributed by atoms with Crippen LogP contribution in [0.4, 0.5) is 5.82 Å². The average Bonchev–Trinajstić information content (AvgIpc) is 3.04. The van der Waals surface area contributed by atoms with Crippen molar-refractivity contribution in [2.24, 2.45) is 0 Å². The van der Waals surface area contributed by atoms with Crippen molar-refractivity contribution in [2.75, 3.05) is 12.8 Å². The molecule has 0 spiro atoms. The molecule has 0 aliphatic carbocycles. The molecule has 0 radical (unpaired) electrons. The number of aromatic nitrogens is 3. The Hall–Kier alpha value is -2.65. The number of hydrogen-bond donors (Lipinski definition) is 1. The maximum Gasteiger partial charge on any atom is 0.174 e. The van der Waals surface area contributed by atoms with E-state index in [0.717, 1.165) is 46.2 Å². The van der Waals surface area contributed by atoms with Gasteiger partial charge in [-0.3, -0.25) is 0 Å². The van der Waals surface area contributed by atoms with E-state index in [1.807, 2.05) is 38.1 Å². The molecule has 0 saturated heterocycles. The van der Waals surface area contributed by atoms with Crippen molar-refractivity contribution in [2.45, 2.75) is 50.2 Å². The minimum Gasteiger partial charge on any atom is -0.497 e. The van der Waals surface area contributed by atoms with Crippen LogP contribution in [-0.2, 0) is 6.54 Å². The summed E-state index contributed by atoms with van der Waals surface area (Å²) < 4.78 is 7.50. The number of aryl methyl sites for hydroxylation is 2. The maximum absolute atomic E-state index is 6.01. The second kappa shape index (κ2) is 9.89. The van der Waals surface area contributed by atoms with Gasteiger partial charge in [0.2, 0.25) is 0 Å². The Kier molecular flexibility index (Phi) is 7.56. The zero-order chi connectivity index (χ0) is 19.8. The van der Waals surface area contributed by atoms with Crippen LogP contribution in [0.2, 0.25) is 0 Å². The topological polar surface area (TPSA) is 66.0 Å². The molecule has 2 aromatic heterocycles. The highest BCUT2D eigenvalue weighted by Gasteiger charge is 2.15. The summed E-state index contributed by atoms with van der Waals surface area (Å²) in [5.41, 5.74) is 8.89. The number of unbranched alkanes of at least 4 members (excludes halogenated alkanes) is 1. The van der Waals surface area contributed by atoms with E-state index in [2.05, 4.69) is 22.4 Å². The van der Waals surface area contributed by atoms with Gasteiger partial charge in [0.25, 0.3) is 0 Å². The Labute approximate surface area is 165 Å². The Morgan fingerprint density at radius 1 is 1.30 bits per heavy atom. The van der Waals surface area contributed by atoms with Crippen molar-refractivity contribution in [3.05, 3.63) is 36.0 Å². The van der Waals surface area contributed by atoms with Gasteiger partial charge in [-0.25, -0.2) is 9.97 Å². The molecule has 0 saturated carbocycles. The molecule has 0 bridgehead atoms. The largest absolute Gasteiger partial charge is 0.497 e. The third kappa shape index (κ3) is 4.75. The van der Waals surface area contributed by atoms with Gasteiger partial charge >= 0.3 is 0 Å². The van der Waals surface area contributed by atoms with Crippen molar-refractivity contribution in [1.82, 2.24) is 14.5 Å². The van der Waals surface area contributed by atoms with E-state index >= 15 is 0 Å². The quantitative estimate of drug-likeness (QED) is 0.484. The van der Waals surface area contributed by atoms with Crippen molar-refractivity contribution in [3.63, 3.8) is 0 Å². The number of fused-ring (bicyclic) bond motifs is 1. The van der Waals surface area contributed by atoms with Gasteiger partial charge in [0.05, 0.1) is 12.6 Å². The van der Waals surface area contributed by atoms with Crippen molar-refractivity contribution < 1.29 is 4.74 Å². The molecule has 0 fully saturated rings. The lowest BCUT2D eigenvalue weighted by atomic mass is 10.2. The second-order valence-electron chi connectivity index (χ2n) is 5.65. The number of nitrogens with zero attached hydrogens (tertiary/aromatic N) is 3. The van der Waals surface area contributed by atoms with Crippen LogP contribution in [0.15, 0.2) is 40.5 Å². The highest BCUT2D eigenvalue weighted by Crippen LogP contribution is 2.35. The van der Waals surface area contributed by atoms with E-state index in [1.54, 1.807) is 25.1 Å². The molecule has 6 heteroatoms. The van der Waals surface area contributed by atoms with Crippen LogP contribution in [0.1, 0.15) is 32.3 Å². The number of hydrogen-bond acceptors (Lipinski definition) is 5. The zero-order valence-electron chi connectivity index (χ0n) is 16.3. The first-order valence-corrected chi connectivity index (χ1v) is 9.82. The summed E-state index contributed by atoms with van der Waals surface area (Å²) in [7, 11) is 1.67. The van der Waals surface area contributed by atoms with Gasteiger partial charge in [-0.15, -0.1) is 12.3 Å². The smallest absolute Gasteiger partial charge is 0.174 e. The fourth-order valence-corrected chi connectivity index (χ4v) is 3.64. The monoisotopic (exact) mass is 382 g/mol. The Morgan fingerprint density at radius 2 is 2.07 bits per heavy atom. The van der Waals surface area contributed by atoms with E-state index < -0.39 is 0 Å². The number of benzene rings is 1. The van der Waals surface area contributed by atoms with Crippen LogP contribution < -0.4 is 10.5 Å². The molecule has 2 heterocycles. The third-order valence-corrected chi connectivity index (χ3v) is 5.11. The minimum absolute atomic E-state index is 0.442. The summed E-state index contributed by atoms with van der Waals surface area (Å²) >= 11 is 1.60. The van der Waals surface area contributed by atoms with Gasteiger partial charge in [-0.1, -0.05) is 31.7 Å². The summed E-state index contributed by atoms with van der Waals surface area (Å²) in [5, 5.41) is 0.878. The predicted molar refractivity (Wildman–Crippen MR) is 113 cm³/mol. The van der Waals surface area contributed by atoms with Crippen LogP contribution in [0, 0.1) is 19.3 Å². The zero-order valence-corrected chi connectivity index (χ0v) is 17.1. The minimum atomic E-state index is 0.442. The standard InChI is InChI=1S/C19H20N4OS.C2H6/c1-4-5-6-11-23-15-9-10-21-18(20)17(15)22-19(23)25-16-12-14(24-3)8-7-13(16)2;1-2/h1,7-10,12H,5-6,11H2,2-3H3,(H2,20,21);1-2H3. The van der Waals surface area contributed by atoms with E-state index in [1.165, 1.54) is 5.56 Å². The molecule has 1 aromatic carbocycles. The number of imidazole rings is 1. The van der Waals surface area contributed by atoms with Gasteiger partial charge in [-0.2, -0.15) is 0 Å². The summed E-state index contributed by atoms with van der Waals surface area (Å²) in [6, 6.07) is 7.96. The molecule has 27 heavy (non-hydrogen) atoms. The molecule has 0 amide bonds. The summed E-state index contributed by atoms with van der Waals surface area (Å²) in [6.07, 6.45) is 8.71.